The summed E-state index contributed by atoms with van der Waals surface area (Å²) in [6.07, 6.45) is 3.53. The molecule has 0 radical (unpaired) electrons. The second-order valence-electron chi connectivity index (χ2n) is 3.67. The fourth-order valence-electron chi connectivity index (χ4n) is 1.90. The molecule has 0 saturated heterocycles. The van der Waals surface area contributed by atoms with Crippen molar-refractivity contribution in [2.24, 2.45) is 5.73 Å². The zero-order chi connectivity index (χ0) is 11.1. The molecule has 0 aliphatic heterocycles. The molecule has 0 spiro atoms. The molecule has 0 aliphatic carbocycles. The second-order valence-corrected chi connectivity index (χ2v) is 3.67. The lowest BCUT2D eigenvalue weighted by atomic mass is 10.1. The maximum Gasteiger partial charge on any atom is 0.248 e. The highest BCUT2D eigenvalue weighted by Gasteiger charge is 2.06. The first-order valence-corrected chi connectivity index (χ1v) is 4.91. The quantitative estimate of drug-likeness (QED) is 0.644. The Kier molecular flexibility index (Phi) is 1.71. The Labute approximate surface area is 91.1 Å². The molecular weight excluding hydrogens is 202 g/mol. The number of primary amides is 1. The van der Waals surface area contributed by atoms with E-state index >= 15 is 0 Å². The zero-order valence-corrected chi connectivity index (χ0v) is 8.40. The Bertz CT molecular complexity index is 700. The van der Waals surface area contributed by atoms with Gasteiger partial charge in [-0.25, -0.2) is 0 Å². The number of carbonyl (C=O) groups is 1. The van der Waals surface area contributed by atoms with Crippen LogP contribution in [0.1, 0.15) is 10.4 Å². The predicted octanol–water partition coefficient (Wildman–Crippen LogP) is 1.81. The molecule has 4 nitrogen and oxygen atoms in total. The number of amides is 1. The molecule has 2 heterocycles. The number of rotatable bonds is 1. The lowest BCUT2D eigenvalue weighted by Crippen LogP contribution is -2.10. The molecule has 2 aromatic heterocycles. The molecule has 78 valence electrons. The number of nitrogens with zero attached hydrogens (tertiary/aromatic N) is 1. The Morgan fingerprint density at radius 2 is 2.06 bits per heavy atom. The van der Waals surface area contributed by atoms with Crippen LogP contribution in [0.25, 0.3) is 21.8 Å². The fraction of sp³-hybridized carbons (Fsp3) is 0. The van der Waals surface area contributed by atoms with Gasteiger partial charge in [-0.15, -0.1) is 0 Å². The summed E-state index contributed by atoms with van der Waals surface area (Å²) in [6.45, 7) is 0. The molecule has 1 amide bonds. The van der Waals surface area contributed by atoms with E-state index in [-0.39, 0.29) is 0 Å². The normalized spacial score (nSPS) is 11.0. The van der Waals surface area contributed by atoms with Gasteiger partial charge in [0.15, 0.2) is 0 Å². The van der Waals surface area contributed by atoms with Gasteiger partial charge in [0, 0.05) is 39.8 Å². The average molecular weight is 211 g/mol. The minimum atomic E-state index is -0.418. The van der Waals surface area contributed by atoms with Gasteiger partial charge in [0.05, 0.1) is 0 Å². The van der Waals surface area contributed by atoms with Crippen LogP contribution in [0.3, 0.4) is 0 Å². The van der Waals surface area contributed by atoms with E-state index in [1.54, 1.807) is 24.5 Å². The molecule has 4 heteroatoms. The SMILES string of the molecule is NC(=O)c1ccc2c(c1)[nH]c1ccncc12. The highest BCUT2D eigenvalue weighted by molar-refractivity contribution is 6.08. The minimum Gasteiger partial charge on any atom is -0.366 e. The molecule has 0 unspecified atom stereocenters. The van der Waals surface area contributed by atoms with Gasteiger partial charge in [0.25, 0.3) is 0 Å². The number of fused-ring (bicyclic) bond motifs is 3. The van der Waals surface area contributed by atoms with E-state index in [1.807, 2.05) is 12.1 Å². The number of aromatic amines is 1. The Morgan fingerprint density at radius 3 is 2.88 bits per heavy atom. The van der Waals surface area contributed by atoms with E-state index in [0.29, 0.717) is 5.56 Å². The van der Waals surface area contributed by atoms with Gasteiger partial charge in [0.2, 0.25) is 5.91 Å². The molecule has 3 N–H and O–H groups in total. The molecule has 0 fully saturated rings. The highest BCUT2D eigenvalue weighted by atomic mass is 16.1. The first-order chi connectivity index (χ1) is 7.75. The van der Waals surface area contributed by atoms with Crippen molar-refractivity contribution in [2.75, 3.05) is 0 Å². The van der Waals surface area contributed by atoms with E-state index < -0.39 is 5.91 Å². The third-order valence-corrected chi connectivity index (χ3v) is 2.68. The topological polar surface area (TPSA) is 71.8 Å². The van der Waals surface area contributed by atoms with Gasteiger partial charge in [-0.2, -0.15) is 0 Å². The molecule has 3 aromatic rings. The number of H-pyrrole nitrogens is 1. The summed E-state index contributed by atoms with van der Waals surface area (Å²) in [4.78, 5) is 18.4. The first-order valence-electron chi connectivity index (χ1n) is 4.91. The van der Waals surface area contributed by atoms with Crippen molar-refractivity contribution in [1.82, 2.24) is 9.97 Å². The number of nitrogens with one attached hydrogen (secondary N) is 1. The number of carbonyl (C=O) groups excluding carboxylic acids is 1. The largest absolute Gasteiger partial charge is 0.366 e. The fourth-order valence-corrected chi connectivity index (χ4v) is 1.90. The summed E-state index contributed by atoms with van der Waals surface area (Å²) < 4.78 is 0. The number of pyridine rings is 1. The van der Waals surface area contributed by atoms with Crippen LogP contribution in [0.2, 0.25) is 0 Å². The van der Waals surface area contributed by atoms with Crippen molar-refractivity contribution >= 4 is 27.7 Å². The first kappa shape index (κ1) is 8.91. The van der Waals surface area contributed by atoms with E-state index in [0.717, 1.165) is 21.8 Å². The van der Waals surface area contributed by atoms with E-state index in [1.165, 1.54) is 0 Å². The summed E-state index contributed by atoms with van der Waals surface area (Å²) >= 11 is 0. The van der Waals surface area contributed by atoms with Crippen LogP contribution in [-0.4, -0.2) is 15.9 Å². The summed E-state index contributed by atoms with van der Waals surface area (Å²) in [6, 6.07) is 7.28. The number of nitrogens with two attached hydrogens (primary N) is 1. The van der Waals surface area contributed by atoms with Crippen LogP contribution >= 0.6 is 0 Å². The van der Waals surface area contributed by atoms with Crippen molar-refractivity contribution < 1.29 is 4.79 Å². The van der Waals surface area contributed by atoms with Crippen molar-refractivity contribution in [3.63, 3.8) is 0 Å². The minimum absolute atomic E-state index is 0.418. The Hall–Kier alpha value is -2.36. The standard InChI is InChI=1S/C12H9N3O/c13-12(16)7-1-2-8-9-6-14-4-3-10(9)15-11(8)5-7/h1-6,15H,(H2,13,16). The van der Waals surface area contributed by atoms with Crippen molar-refractivity contribution in [1.29, 1.82) is 0 Å². The summed E-state index contributed by atoms with van der Waals surface area (Å²) in [5, 5.41) is 2.10. The third-order valence-electron chi connectivity index (χ3n) is 2.68. The highest BCUT2D eigenvalue weighted by Crippen LogP contribution is 2.24. The van der Waals surface area contributed by atoms with Gasteiger partial charge in [0.1, 0.15) is 0 Å². The lowest BCUT2D eigenvalue weighted by molar-refractivity contribution is 0.100. The van der Waals surface area contributed by atoms with E-state index in [9.17, 15) is 4.79 Å². The maximum atomic E-state index is 11.1. The van der Waals surface area contributed by atoms with E-state index in [2.05, 4.69) is 9.97 Å². The Balaban J connectivity index is 2.41. The van der Waals surface area contributed by atoms with Crippen LogP contribution in [0.5, 0.6) is 0 Å². The maximum absolute atomic E-state index is 11.1. The van der Waals surface area contributed by atoms with Crippen molar-refractivity contribution in [3.8, 4) is 0 Å². The van der Waals surface area contributed by atoms with Crippen molar-refractivity contribution in [2.45, 2.75) is 0 Å². The number of hydrogen-bond donors (Lipinski definition) is 2. The molecule has 0 atom stereocenters. The van der Waals surface area contributed by atoms with Gasteiger partial charge in [-0.05, 0) is 18.2 Å². The molecular formula is C12H9N3O. The van der Waals surface area contributed by atoms with Crippen LogP contribution in [0, 0.1) is 0 Å². The predicted molar refractivity (Wildman–Crippen MR) is 62.1 cm³/mol. The lowest BCUT2D eigenvalue weighted by Gasteiger charge is -1.95. The van der Waals surface area contributed by atoms with Crippen LogP contribution in [0.15, 0.2) is 36.7 Å². The molecule has 0 aliphatic rings. The number of aromatic nitrogens is 2. The van der Waals surface area contributed by atoms with Crippen molar-refractivity contribution in [3.05, 3.63) is 42.2 Å². The van der Waals surface area contributed by atoms with E-state index in [4.69, 9.17) is 5.73 Å². The van der Waals surface area contributed by atoms with Gasteiger partial charge >= 0.3 is 0 Å². The second kappa shape index (κ2) is 3.06. The van der Waals surface area contributed by atoms with Crippen LogP contribution in [-0.2, 0) is 0 Å². The molecule has 0 bridgehead atoms. The van der Waals surface area contributed by atoms with Gasteiger partial charge in [-0.3, -0.25) is 9.78 Å². The zero-order valence-electron chi connectivity index (χ0n) is 8.40. The summed E-state index contributed by atoms with van der Waals surface area (Å²) in [5.41, 5.74) is 7.65. The third kappa shape index (κ3) is 1.16. The van der Waals surface area contributed by atoms with Gasteiger partial charge < -0.3 is 10.7 Å². The molecule has 3 rings (SSSR count). The molecule has 16 heavy (non-hydrogen) atoms. The number of hydrogen-bond acceptors (Lipinski definition) is 2. The molecule has 1 aromatic carbocycles. The summed E-state index contributed by atoms with van der Waals surface area (Å²) in [5.74, 6) is -0.418. The smallest absolute Gasteiger partial charge is 0.248 e. The molecule has 0 saturated carbocycles. The Morgan fingerprint density at radius 1 is 1.19 bits per heavy atom. The number of benzene rings is 1. The van der Waals surface area contributed by atoms with Gasteiger partial charge in [-0.1, -0.05) is 6.07 Å². The van der Waals surface area contributed by atoms with Crippen LogP contribution < -0.4 is 5.73 Å². The van der Waals surface area contributed by atoms with Crippen LogP contribution in [0.4, 0.5) is 0 Å². The average Bonchev–Trinajstić information content (AvgIpc) is 2.66. The summed E-state index contributed by atoms with van der Waals surface area (Å²) in [7, 11) is 0. The monoisotopic (exact) mass is 211 g/mol.